The first-order valence-corrected chi connectivity index (χ1v) is 6.96. The fraction of sp³-hybridized carbons (Fsp3) is 1.00. The van der Waals surface area contributed by atoms with E-state index in [0.29, 0.717) is 6.04 Å². The fourth-order valence-electron chi connectivity index (χ4n) is 2.61. The predicted molar refractivity (Wildman–Crippen MR) is 63.7 cm³/mol. The Morgan fingerprint density at radius 1 is 1.21 bits per heavy atom. The third-order valence-electron chi connectivity index (χ3n) is 3.43. The molecule has 2 nitrogen and oxygen atoms in total. The van der Waals surface area contributed by atoms with E-state index in [-0.39, 0.29) is 0 Å². The molecule has 2 aliphatic rings. The molecule has 0 aliphatic heterocycles. The van der Waals surface area contributed by atoms with Crippen molar-refractivity contribution in [1.82, 2.24) is 5.32 Å². The molecular formula is C11H22N2S. The van der Waals surface area contributed by atoms with Gasteiger partial charge in [-0.2, -0.15) is 11.8 Å². The van der Waals surface area contributed by atoms with Crippen LogP contribution in [-0.2, 0) is 0 Å². The third kappa shape index (κ3) is 2.65. The molecule has 2 atom stereocenters. The van der Waals surface area contributed by atoms with Gasteiger partial charge in [-0.1, -0.05) is 6.92 Å². The molecule has 0 spiro atoms. The van der Waals surface area contributed by atoms with Gasteiger partial charge in [-0.25, -0.2) is 0 Å². The number of hydrogen-bond acceptors (Lipinski definition) is 3. The summed E-state index contributed by atoms with van der Waals surface area (Å²) in [5.74, 6) is 1.27. The van der Waals surface area contributed by atoms with Crippen LogP contribution in [0.3, 0.4) is 0 Å². The molecule has 0 aromatic rings. The molecule has 3 heteroatoms. The van der Waals surface area contributed by atoms with Crippen LogP contribution in [-0.4, -0.2) is 29.1 Å². The summed E-state index contributed by atoms with van der Waals surface area (Å²) < 4.78 is 0. The lowest BCUT2D eigenvalue weighted by Gasteiger charge is -2.35. The summed E-state index contributed by atoms with van der Waals surface area (Å²) in [6, 6.07) is 2.01. The number of nitrogens with two attached hydrogens (primary N) is 1. The molecule has 82 valence electrons. The Balaban J connectivity index is 1.63. The summed E-state index contributed by atoms with van der Waals surface area (Å²) in [4.78, 5) is 0. The lowest BCUT2D eigenvalue weighted by Crippen LogP contribution is -2.51. The number of nitrogens with one attached hydrogen (secondary N) is 1. The van der Waals surface area contributed by atoms with E-state index in [1.165, 1.54) is 37.9 Å². The molecular weight excluding hydrogens is 192 g/mol. The Labute approximate surface area is 91.4 Å². The van der Waals surface area contributed by atoms with E-state index in [9.17, 15) is 0 Å². The molecule has 14 heavy (non-hydrogen) atoms. The quantitative estimate of drug-likeness (QED) is 0.748. The molecule has 2 aliphatic carbocycles. The molecule has 0 heterocycles. The van der Waals surface area contributed by atoms with Crippen molar-refractivity contribution in [3.05, 3.63) is 0 Å². The van der Waals surface area contributed by atoms with Crippen molar-refractivity contribution in [1.29, 1.82) is 0 Å². The maximum absolute atomic E-state index is 5.77. The van der Waals surface area contributed by atoms with Crippen LogP contribution >= 0.6 is 11.8 Å². The minimum absolute atomic E-state index is 0.481. The van der Waals surface area contributed by atoms with Crippen LogP contribution in [0.4, 0.5) is 0 Å². The second-order valence-corrected chi connectivity index (χ2v) is 6.26. The first kappa shape index (κ1) is 10.8. The van der Waals surface area contributed by atoms with Gasteiger partial charge in [0.1, 0.15) is 0 Å². The summed E-state index contributed by atoms with van der Waals surface area (Å²) in [7, 11) is 0. The Morgan fingerprint density at radius 3 is 2.64 bits per heavy atom. The number of rotatable bonds is 4. The van der Waals surface area contributed by atoms with Gasteiger partial charge in [-0.05, 0) is 37.9 Å². The molecule has 0 radical (unpaired) electrons. The molecule has 2 rings (SSSR count). The minimum atomic E-state index is 0.481. The lowest BCUT2D eigenvalue weighted by molar-refractivity contribution is 0.267. The van der Waals surface area contributed by atoms with Gasteiger partial charge < -0.3 is 11.1 Å². The molecule has 2 unspecified atom stereocenters. The summed E-state index contributed by atoms with van der Waals surface area (Å²) >= 11 is 2.13. The van der Waals surface area contributed by atoms with Crippen molar-refractivity contribution in [2.75, 3.05) is 5.75 Å². The SMILES string of the molecule is CCSC1CCC(NC2CC(N)C2)C1. The molecule has 0 bridgehead atoms. The van der Waals surface area contributed by atoms with Gasteiger partial charge in [0.05, 0.1) is 0 Å². The zero-order valence-electron chi connectivity index (χ0n) is 9.04. The maximum atomic E-state index is 5.77. The first-order chi connectivity index (χ1) is 6.78. The Bertz CT molecular complexity index is 180. The molecule has 0 aromatic carbocycles. The summed E-state index contributed by atoms with van der Waals surface area (Å²) in [5.41, 5.74) is 5.77. The van der Waals surface area contributed by atoms with Crippen LogP contribution in [0.1, 0.15) is 39.0 Å². The van der Waals surface area contributed by atoms with Crippen LogP contribution in [0.2, 0.25) is 0 Å². The van der Waals surface area contributed by atoms with Crippen molar-refractivity contribution >= 4 is 11.8 Å². The Morgan fingerprint density at radius 2 is 2.00 bits per heavy atom. The molecule has 2 fully saturated rings. The second kappa shape index (κ2) is 4.86. The largest absolute Gasteiger partial charge is 0.328 e. The van der Waals surface area contributed by atoms with Crippen molar-refractivity contribution in [2.45, 2.75) is 62.4 Å². The van der Waals surface area contributed by atoms with Gasteiger partial charge in [0.2, 0.25) is 0 Å². The van der Waals surface area contributed by atoms with Crippen LogP contribution in [0.25, 0.3) is 0 Å². The van der Waals surface area contributed by atoms with Gasteiger partial charge in [-0.3, -0.25) is 0 Å². The molecule has 0 saturated heterocycles. The summed E-state index contributed by atoms with van der Waals surface area (Å²) in [5, 5.41) is 4.66. The average molecular weight is 214 g/mol. The highest BCUT2D eigenvalue weighted by Gasteiger charge is 2.31. The average Bonchev–Trinajstić information content (AvgIpc) is 2.51. The standard InChI is InChI=1S/C11H22N2S/c1-2-14-11-4-3-9(7-11)13-10-5-8(12)6-10/h8-11,13H,2-7,12H2,1H3. The second-order valence-electron chi connectivity index (χ2n) is 4.68. The smallest absolute Gasteiger partial charge is 0.00991 e. The van der Waals surface area contributed by atoms with Gasteiger partial charge in [0.15, 0.2) is 0 Å². The van der Waals surface area contributed by atoms with Gasteiger partial charge in [0.25, 0.3) is 0 Å². The van der Waals surface area contributed by atoms with E-state index in [1.54, 1.807) is 0 Å². The molecule has 3 N–H and O–H groups in total. The van der Waals surface area contributed by atoms with E-state index in [2.05, 4.69) is 24.0 Å². The van der Waals surface area contributed by atoms with Crippen molar-refractivity contribution in [2.24, 2.45) is 5.73 Å². The highest BCUT2D eigenvalue weighted by atomic mass is 32.2. The normalized spacial score (nSPS) is 42.4. The Hall–Kier alpha value is 0.270. The van der Waals surface area contributed by atoms with Gasteiger partial charge in [-0.15, -0.1) is 0 Å². The zero-order valence-corrected chi connectivity index (χ0v) is 9.85. The number of hydrogen-bond donors (Lipinski definition) is 2. The van der Waals surface area contributed by atoms with Gasteiger partial charge in [0, 0.05) is 23.4 Å². The van der Waals surface area contributed by atoms with Crippen molar-refractivity contribution < 1.29 is 0 Å². The van der Waals surface area contributed by atoms with Crippen LogP contribution in [0.5, 0.6) is 0 Å². The third-order valence-corrected chi connectivity index (χ3v) is 4.67. The monoisotopic (exact) mass is 214 g/mol. The van der Waals surface area contributed by atoms with E-state index in [0.717, 1.165) is 17.3 Å². The van der Waals surface area contributed by atoms with E-state index >= 15 is 0 Å². The Kier molecular flexibility index (Phi) is 3.74. The van der Waals surface area contributed by atoms with E-state index in [1.807, 2.05) is 0 Å². The highest BCUT2D eigenvalue weighted by molar-refractivity contribution is 7.99. The predicted octanol–water partition coefficient (Wildman–Crippen LogP) is 1.74. The van der Waals surface area contributed by atoms with E-state index < -0.39 is 0 Å². The minimum Gasteiger partial charge on any atom is -0.328 e. The topological polar surface area (TPSA) is 38.0 Å². The fourth-order valence-corrected chi connectivity index (χ4v) is 3.75. The lowest BCUT2D eigenvalue weighted by atomic mass is 9.87. The van der Waals surface area contributed by atoms with Crippen LogP contribution in [0, 0.1) is 0 Å². The maximum Gasteiger partial charge on any atom is 0.00991 e. The molecule has 0 amide bonds. The number of thioether (sulfide) groups is 1. The van der Waals surface area contributed by atoms with Crippen LogP contribution in [0.15, 0.2) is 0 Å². The van der Waals surface area contributed by atoms with Gasteiger partial charge >= 0.3 is 0 Å². The van der Waals surface area contributed by atoms with Crippen molar-refractivity contribution in [3.63, 3.8) is 0 Å². The zero-order chi connectivity index (χ0) is 9.97. The van der Waals surface area contributed by atoms with E-state index in [4.69, 9.17) is 5.73 Å². The van der Waals surface area contributed by atoms with Crippen molar-refractivity contribution in [3.8, 4) is 0 Å². The summed E-state index contributed by atoms with van der Waals surface area (Å²) in [6.45, 7) is 2.26. The molecule has 2 saturated carbocycles. The first-order valence-electron chi connectivity index (χ1n) is 5.91. The summed E-state index contributed by atoms with van der Waals surface area (Å²) in [6.07, 6.45) is 6.56. The highest BCUT2D eigenvalue weighted by Crippen LogP contribution is 2.31. The molecule has 0 aromatic heterocycles. The van der Waals surface area contributed by atoms with Crippen LogP contribution < -0.4 is 11.1 Å².